The van der Waals surface area contributed by atoms with E-state index in [1.165, 1.54) is 5.00 Å². The first kappa shape index (κ1) is 17.6. The molecule has 6 nitrogen and oxygen atoms in total. The molecule has 2 rings (SSSR count). The number of nitrogens with one attached hydrogen (secondary N) is 1. The molecule has 0 spiro atoms. The van der Waals surface area contributed by atoms with Gasteiger partial charge < -0.3 is 20.0 Å². The highest BCUT2D eigenvalue weighted by Crippen LogP contribution is 2.22. The summed E-state index contributed by atoms with van der Waals surface area (Å²) in [4.78, 5) is 22.5. The average Bonchev–Trinajstić information content (AvgIpc) is 3.05. The van der Waals surface area contributed by atoms with Crippen LogP contribution in [-0.4, -0.2) is 74.5 Å². The number of nitrogens with zero attached hydrogens (tertiary/aromatic N) is 4. The summed E-state index contributed by atoms with van der Waals surface area (Å²) in [7, 11) is 3.51. The molecule has 1 aromatic heterocycles. The van der Waals surface area contributed by atoms with Crippen molar-refractivity contribution in [1.82, 2.24) is 15.1 Å². The van der Waals surface area contributed by atoms with E-state index in [9.17, 15) is 4.79 Å². The van der Waals surface area contributed by atoms with Gasteiger partial charge in [-0.3, -0.25) is 4.79 Å². The van der Waals surface area contributed by atoms with Gasteiger partial charge in [0.25, 0.3) is 0 Å². The van der Waals surface area contributed by atoms with Gasteiger partial charge in [0.1, 0.15) is 6.54 Å². The molecule has 1 aliphatic rings. The molecule has 1 aliphatic heterocycles. The molecule has 128 valence electrons. The van der Waals surface area contributed by atoms with Crippen LogP contribution in [0.4, 0.5) is 5.00 Å². The minimum absolute atomic E-state index is 0.0188. The van der Waals surface area contributed by atoms with E-state index in [-0.39, 0.29) is 12.5 Å². The monoisotopic (exact) mass is 337 g/mol. The van der Waals surface area contributed by atoms with Gasteiger partial charge in [-0.05, 0) is 31.4 Å². The van der Waals surface area contributed by atoms with E-state index in [0.29, 0.717) is 6.04 Å². The van der Waals surface area contributed by atoms with Gasteiger partial charge in [-0.25, -0.2) is 4.99 Å². The number of piperazine rings is 1. The lowest BCUT2D eigenvalue weighted by Gasteiger charge is -2.37. The predicted octanol–water partition coefficient (Wildman–Crippen LogP) is 1.31. The third kappa shape index (κ3) is 5.13. The Hall–Kier alpha value is -1.76. The Morgan fingerprint density at radius 1 is 1.35 bits per heavy atom. The molecule has 1 saturated heterocycles. The largest absolute Gasteiger partial charge is 0.360 e. The quantitative estimate of drug-likeness (QED) is 0.665. The smallest absolute Gasteiger partial charge is 0.243 e. The van der Waals surface area contributed by atoms with Gasteiger partial charge in [0.15, 0.2) is 5.96 Å². The molecule has 0 aliphatic carbocycles. The highest BCUT2D eigenvalue weighted by atomic mass is 32.1. The lowest BCUT2D eigenvalue weighted by Crippen LogP contribution is -2.53. The number of thiophene rings is 1. The van der Waals surface area contributed by atoms with Crippen LogP contribution in [0.3, 0.4) is 0 Å². The van der Waals surface area contributed by atoms with Crippen molar-refractivity contribution in [2.45, 2.75) is 19.9 Å². The Kier molecular flexibility index (Phi) is 6.27. The number of carbonyl (C=O) groups is 1. The normalized spacial score (nSPS) is 16.0. The van der Waals surface area contributed by atoms with Gasteiger partial charge in [-0.1, -0.05) is 0 Å². The van der Waals surface area contributed by atoms with E-state index >= 15 is 0 Å². The van der Waals surface area contributed by atoms with E-state index < -0.39 is 0 Å². The maximum Gasteiger partial charge on any atom is 0.243 e. The van der Waals surface area contributed by atoms with Crippen LogP contribution in [0.1, 0.15) is 13.8 Å². The second-order valence-corrected chi connectivity index (χ2v) is 7.08. The molecule has 2 heterocycles. The number of anilines is 1. The van der Waals surface area contributed by atoms with Crippen molar-refractivity contribution in [2.24, 2.45) is 4.99 Å². The lowest BCUT2D eigenvalue weighted by molar-refractivity contribution is -0.127. The summed E-state index contributed by atoms with van der Waals surface area (Å²) in [5.74, 6) is 0.853. The molecule has 0 saturated carbocycles. The molecule has 0 bridgehead atoms. The summed E-state index contributed by atoms with van der Waals surface area (Å²) >= 11 is 1.78. The SMILES string of the molecule is CC(C)NC(=NCC(=O)N(C)C)N1CCN(c2cccs2)CC1. The molecular formula is C16H27N5OS. The molecule has 0 aromatic carbocycles. The first-order chi connectivity index (χ1) is 11.0. The Balaban J connectivity index is 1.97. The zero-order valence-corrected chi connectivity index (χ0v) is 15.3. The standard InChI is InChI=1S/C16H27N5OS/c1-13(2)18-16(17-12-14(22)19(3)4)21-9-7-20(8-10-21)15-6-5-11-23-15/h5-6,11,13H,7-10,12H2,1-4H3,(H,17,18). The minimum atomic E-state index is 0.0188. The van der Waals surface area contributed by atoms with Crippen molar-refractivity contribution in [1.29, 1.82) is 0 Å². The first-order valence-electron chi connectivity index (χ1n) is 8.02. The third-order valence-electron chi connectivity index (χ3n) is 3.68. The van der Waals surface area contributed by atoms with Crippen LogP contribution in [0.5, 0.6) is 0 Å². The molecule has 0 atom stereocenters. The number of hydrogen-bond donors (Lipinski definition) is 1. The van der Waals surface area contributed by atoms with Crippen molar-refractivity contribution >= 4 is 28.2 Å². The summed E-state index contributed by atoms with van der Waals surface area (Å²) in [6, 6.07) is 4.54. The Bertz CT molecular complexity index is 519. The summed E-state index contributed by atoms with van der Waals surface area (Å²) in [5, 5.41) is 6.82. The highest BCUT2D eigenvalue weighted by Gasteiger charge is 2.21. The molecule has 1 aromatic rings. The van der Waals surface area contributed by atoms with Gasteiger partial charge in [-0.15, -0.1) is 11.3 Å². The lowest BCUT2D eigenvalue weighted by atomic mass is 10.3. The second kappa shape index (κ2) is 8.19. The molecule has 1 N–H and O–H groups in total. The van der Waals surface area contributed by atoms with Gasteiger partial charge in [-0.2, -0.15) is 0 Å². The summed E-state index contributed by atoms with van der Waals surface area (Å²) in [6.07, 6.45) is 0. The van der Waals surface area contributed by atoms with Gasteiger partial charge in [0, 0.05) is 46.3 Å². The Morgan fingerprint density at radius 2 is 2.04 bits per heavy atom. The van der Waals surface area contributed by atoms with Crippen molar-refractivity contribution in [3.8, 4) is 0 Å². The molecule has 1 fully saturated rings. The predicted molar refractivity (Wildman–Crippen MR) is 97.4 cm³/mol. The zero-order valence-electron chi connectivity index (χ0n) is 14.5. The van der Waals surface area contributed by atoms with Crippen LogP contribution >= 0.6 is 11.3 Å². The summed E-state index contributed by atoms with van der Waals surface area (Å²) in [5.41, 5.74) is 0. The van der Waals surface area contributed by atoms with E-state index in [0.717, 1.165) is 32.1 Å². The molecule has 1 amide bonds. The van der Waals surface area contributed by atoms with Crippen LogP contribution in [0.2, 0.25) is 0 Å². The van der Waals surface area contributed by atoms with Crippen LogP contribution in [0.25, 0.3) is 0 Å². The number of likely N-dealkylation sites (N-methyl/N-ethyl adjacent to an activating group) is 1. The fourth-order valence-electron chi connectivity index (χ4n) is 2.37. The zero-order chi connectivity index (χ0) is 16.8. The van der Waals surface area contributed by atoms with Gasteiger partial charge in [0.05, 0.1) is 5.00 Å². The number of amides is 1. The number of guanidine groups is 1. The van der Waals surface area contributed by atoms with E-state index in [4.69, 9.17) is 0 Å². The maximum atomic E-state index is 11.8. The molecule has 0 unspecified atom stereocenters. The number of aliphatic imine (C=N–C) groups is 1. The van der Waals surface area contributed by atoms with Crippen LogP contribution in [0, 0.1) is 0 Å². The molecule has 0 radical (unpaired) electrons. The van der Waals surface area contributed by atoms with Gasteiger partial charge in [0.2, 0.25) is 5.91 Å². The average molecular weight is 337 g/mol. The fraction of sp³-hybridized carbons (Fsp3) is 0.625. The maximum absolute atomic E-state index is 11.8. The van der Waals surface area contributed by atoms with Crippen LogP contribution in [0.15, 0.2) is 22.5 Å². The molecule has 7 heteroatoms. The van der Waals surface area contributed by atoms with Crippen LogP contribution in [-0.2, 0) is 4.79 Å². The third-order valence-corrected chi connectivity index (χ3v) is 4.61. The minimum Gasteiger partial charge on any atom is -0.360 e. The first-order valence-corrected chi connectivity index (χ1v) is 8.90. The van der Waals surface area contributed by atoms with E-state index in [2.05, 4.69) is 51.5 Å². The Morgan fingerprint density at radius 3 is 2.57 bits per heavy atom. The summed E-state index contributed by atoms with van der Waals surface area (Å²) in [6.45, 7) is 8.13. The van der Waals surface area contributed by atoms with Crippen molar-refractivity contribution in [3.63, 3.8) is 0 Å². The van der Waals surface area contributed by atoms with Crippen molar-refractivity contribution < 1.29 is 4.79 Å². The fourth-order valence-corrected chi connectivity index (χ4v) is 3.15. The molecular weight excluding hydrogens is 310 g/mol. The van der Waals surface area contributed by atoms with Gasteiger partial charge >= 0.3 is 0 Å². The molecule has 23 heavy (non-hydrogen) atoms. The van der Waals surface area contributed by atoms with Crippen molar-refractivity contribution in [3.05, 3.63) is 17.5 Å². The van der Waals surface area contributed by atoms with Crippen molar-refractivity contribution in [2.75, 3.05) is 51.7 Å². The Labute approximate surface area is 142 Å². The number of hydrogen-bond acceptors (Lipinski definition) is 4. The van der Waals surface area contributed by atoms with E-state index in [1.807, 2.05) is 0 Å². The second-order valence-electron chi connectivity index (χ2n) is 6.15. The van der Waals surface area contributed by atoms with Crippen LogP contribution < -0.4 is 10.2 Å². The van der Waals surface area contributed by atoms with E-state index in [1.54, 1.807) is 30.3 Å². The number of carbonyl (C=O) groups excluding carboxylic acids is 1. The summed E-state index contributed by atoms with van der Waals surface area (Å²) < 4.78 is 0. The topological polar surface area (TPSA) is 51.2 Å². The highest BCUT2D eigenvalue weighted by molar-refractivity contribution is 7.14. The number of rotatable bonds is 4.